The number of rotatable bonds is 3. The number of allylic oxidation sites excluding steroid dienone is 4. The lowest BCUT2D eigenvalue weighted by Crippen LogP contribution is -2.25. The quantitative estimate of drug-likeness (QED) is 0.803. The molecule has 0 aromatic heterocycles. The van der Waals surface area contributed by atoms with Gasteiger partial charge in [-0.3, -0.25) is 0 Å². The van der Waals surface area contributed by atoms with E-state index in [1.165, 1.54) is 27.8 Å². The molecule has 1 atom stereocenters. The van der Waals surface area contributed by atoms with Gasteiger partial charge in [0.25, 0.3) is 0 Å². The lowest BCUT2D eigenvalue weighted by molar-refractivity contribution is 0.695. The first-order valence-electron chi connectivity index (χ1n) is 6.83. The first kappa shape index (κ1) is 12.2. The van der Waals surface area contributed by atoms with Crippen molar-refractivity contribution in [2.24, 2.45) is 0 Å². The summed E-state index contributed by atoms with van der Waals surface area (Å²) >= 11 is 0. The number of fused-ring (bicyclic) bond motifs is 2. The molecule has 1 aliphatic heterocycles. The van der Waals surface area contributed by atoms with Gasteiger partial charge in [0.15, 0.2) is 0 Å². The van der Waals surface area contributed by atoms with Crippen LogP contribution in [0.4, 0.5) is 0 Å². The summed E-state index contributed by atoms with van der Waals surface area (Å²) < 4.78 is 0. The van der Waals surface area contributed by atoms with Crippen molar-refractivity contribution in [3.05, 3.63) is 77.9 Å². The SMILES string of the molecule is C=C/C=C(\C=C)C1C2=C(CCNC2)c2ccccc21. The molecule has 1 aromatic carbocycles. The number of nitrogens with one attached hydrogen (secondary N) is 1. The molecule has 0 saturated heterocycles. The molecule has 0 spiro atoms. The molecule has 1 heteroatoms. The van der Waals surface area contributed by atoms with Crippen LogP contribution in [-0.2, 0) is 0 Å². The van der Waals surface area contributed by atoms with E-state index in [2.05, 4.69) is 48.8 Å². The van der Waals surface area contributed by atoms with E-state index in [0.29, 0.717) is 5.92 Å². The summed E-state index contributed by atoms with van der Waals surface area (Å²) in [6.07, 6.45) is 7.03. The van der Waals surface area contributed by atoms with E-state index in [4.69, 9.17) is 0 Å². The fourth-order valence-corrected chi connectivity index (χ4v) is 3.30. The summed E-state index contributed by atoms with van der Waals surface area (Å²) in [5.41, 5.74) is 7.15. The summed E-state index contributed by atoms with van der Waals surface area (Å²) in [4.78, 5) is 0. The van der Waals surface area contributed by atoms with Gasteiger partial charge in [0.1, 0.15) is 0 Å². The Morgan fingerprint density at radius 1 is 1.26 bits per heavy atom. The third-order valence-corrected chi connectivity index (χ3v) is 4.08. The van der Waals surface area contributed by atoms with Gasteiger partial charge in [0.2, 0.25) is 0 Å². The summed E-state index contributed by atoms with van der Waals surface area (Å²) in [5, 5.41) is 3.50. The van der Waals surface area contributed by atoms with Crippen LogP contribution < -0.4 is 5.32 Å². The van der Waals surface area contributed by atoms with Crippen molar-refractivity contribution in [2.45, 2.75) is 12.3 Å². The summed E-state index contributed by atoms with van der Waals surface area (Å²) in [6.45, 7) is 9.86. The predicted molar refractivity (Wildman–Crippen MR) is 82.1 cm³/mol. The summed E-state index contributed by atoms with van der Waals surface area (Å²) in [6, 6.07) is 8.77. The molecule has 3 rings (SSSR count). The van der Waals surface area contributed by atoms with Gasteiger partial charge in [-0.15, -0.1) is 0 Å². The van der Waals surface area contributed by atoms with Crippen LogP contribution in [0.2, 0.25) is 0 Å². The molecule has 1 heterocycles. The van der Waals surface area contributed by atoms with Crippen LogP contribution in [0.25, 0.3) is 5.57 Å². The average Bonchev–Trinajstić information content (AvgIpc) is 2.80. The zero-order valence-corrected chi connectivity index (χ0v) is 11.2. The Hall–Kier alpha value is -1.86. The van der Waals surface area contributed by atoms with Gasteiger partial charge in [-0.1, -0.05) is 55.7 Å². The maximum atomic E-state index is 3.98. The van der Waals surface area contributed by atoms with E-state index < -0.39 is 0 Å². The van der Waals surface area contributed by atoms with Gasteiger partial charge in [0.05, 0.1) is 0 Å². The lowest BCUT2D eigenvalue weighted by Gasteiger charge is -2.22. The third-order valence-electron chi connectivity index (χ3n) is 4.08. The van der Waals surface area contributed by atoms with Crippen LogP contribution >= 0.6 is 0 Å². The third kappa shape index (κ3) is 1.91. The van der Waals surface area contributed by atoms with Crippen LogP contribution in [0, 0.1) is 0 Å². The van der Waals surface area contributed by atoms with E-state index in [0.717, 1.165) is 19.5 Å². The van der Waals surface area contributed by atoms with Gasteiger partial charge >= 0.3 is 0 Å². The van der Waals surface area contributed by atoms with E-state index in [1.807, 2.05) is 12.2 Å². The van der Waals surface area contributed by atoms with Crippen molar-refractivity contribution in [2.75, 3.05) is 13.1 Å². The van der Waals surface area contributed by atoms with Gasteiger partial charge in [-0.2, -0.15) is 0 Å². The number of hydrogen-bond donors (Lipinski definition) is 1. The minimum atomic E-state index is 0.356. The molecule has 19 heavy (non-hydrogen) atoms. The van der Waals surface area contributed by atoms with E-state index >= 15 is 0 Å². The molecule has 0 bridgehead atoms. The standard InChI is InChI=1S/C18H19N/c1-3-7-13(4-2)18-16-9-6-5-8-14(16)15-10-11-19-12-17(15)18/h3-9,18-19H,1-2,10-12H2/b13-7+. The molecule has 1 unspecified atom stereocenters. The van der Waals surface area contributed by atoms with E-state index in [1.54, 1.807) is 0 Å². The first-order chi connectivity index (χ1) is 9.36. The lowest BCUT2D eigenvalue weighted by atomic mass is 9.87. The average molecular weight is 249 g/mol. The van der Waals surface area contributed by atoms with Crippen molar-refractivity contribution in [1.82, 2.24) is 5.32 Å². The molecule has 2 aliphatic rings. The van der Waals surface area contributed by atoms with E-state index in [-0.39, 0.29) is 0 Å². The molecule has 96 valence electrons. The van der Waals surface area contributed by atoms with Crippen LogP contribution in [0.3, 0.4) is 0 Å². The molecule has 0 saturated carbocycles. The van der Waals surface area contributed by atoms with Crippen molar-refractivity contribution in [1.29, 1.82) is 0 Å². The predicted octanol–water partition coefficient (Wildman–Crippen LogP) is 3.83. The summed E-state index contributed by atoms with van der Waals surface area (Å²) in [7, 11) is 0. The Bertz CT molecular complexity index is 589. The smallest absolute Gasteiger partial charge is 0.0323 e. The fraction of sp³-hybridized carbons (Fsp3) is 0.222. The van der Waals surface area contributed by atoms with Gasteiger partial charge in [-0.25, -0.2) is 0 Å². The Kier molecular flexibility index (Phi) is 3.22. The van der Waals surface area contributed by atoms with Crippen LogP contribution in [0.15, 0.2) is 66.8 Å². The fourth-order valence-electron chi connectivity index (χ4n) is 3.30. The number of benzene rings is 1. The topological polar surface area (TPSA) is 12.0 Å². The normalized spacial score (nSPS) is 21.9. The molecule has 1 aliphatic carbocycles. The van der Waals surface area contributed by atoms with Gasteiger partial charge in [-0.05, 0) is 40.8 Å². The van der Waals surface area contributed by atoms with Crippen LogP contribution in [-0.4, -0.2) is 13.1 Å². The Morgan fingerprint density at radius 2 is 2.11 bits per heavy atom. The highest BCUT2D eigenvalue weighted by atomic mass is 14.9. The zero-order valence-electron chi connectivity index (χ0n) is 11.2. The van der Waals surface area contributed by atoms with Crippen molar-refractivity contribution >= 4 is 5.57 Å². The molecule has 0 amide bonds. The Balaban J connectivity index is 2.17. The largest absolute Gasteiger partial charge is 0.313 e. The Morgan fingerprint density at radius 3 is 2.89 bits per heavy atom. The van der Waals surface area contributed by atoms with Gasteiger partial charge < -0.3 is 5.32 Å². The summed E-state index contributed by atoms with van der Waals surface area (Å²) in [5.74, 6) is 0.356. The minimum absolute atomic E-state index is 0.356. The van der Waals surface area contributed by atoms with Crippen molar-refractivity contribution in [3.63, 3.8) is 0 Å². The highest BCUT2D eigenvalue weighted by Gasteiger charge is 2.33. The maximum absolute atomic E-state index is 3.98. The molecule has 0 fully saturated rings. The van der Waals surface area contributed by atoms with Crippen molar-refractivity contribution in [3.8, 4) is 0 Å². The monoisotopic (exact) mass is 249 g/mol. The Labute approximate surface area is 115 Å². The highest BCUT2D eigenvalue weighted by Crippen LogP contribution is 2.47. The molecular formula is C18H19N. The highest BCUT2D eigenvalue weighted by molar-refractivity contribution is 5.81. The van der Waals surface area contributed by atoms with E-state index in [9.17, 15) is 0 Å². The molecule has 1 nitrogen and oxygen atoms in total. The number of hydrogen-bond acceptors (Lipinski definition) is 1. The van der Waals surface area contributed by atoms with Crippen LogP contribution in [0.5, 0.6) is 0 Å². The molecular weight excluding hydrogens is 230 g/mol. The molecule has 1 N–H and O–H groups in total. The van der Waals surface area contributed by atoms with Crippen molar-refractivity contribution < 1.29 is 0 Å². The zero-order chi connectivity index (χ0) is 13.2. The maximum Gasteiger partial charge on any atom is 0.0323 e. The second-order valence-electron chi connectivity index (χ2n) is 5.06. The second-order valence-corrected chi connectivity index (χ2v) is 5.06. The minimum Gasteiger partial charge on any atom is -0.313 e. The molecule has 0 radical (unpaired) electrons. The second kappa shape index (κ2) is 5.02. The molecule has 1 aromatic rings. The first-order valence-corrected chi connectivity index (χ1v) is 6.83. The van der Waals surface area contributed by atoms with Gasteiger partial charge in [0, 0.05) is 12.5 Å². The van der Waals surface area contributed by atoms with Crippen LogP contribution in [0.1, 0.15) is 23.5 Å².